The SMILES string of the molecule is CC(=O)c1ccc(NC(=O)CSc2ccc(C)c(C)c2)cc1. The van der Waals surface area contributed by atoms with E-state index in [-0.39, 0.29) is 11.7 Å². The zero-order valence-electron chi connectivity index (χ0n) is 13.0. The van der Waals surface area contributed by atoms with Gasteiger partial charge in [0.25, 0.3) is 0 Å². The summed E-state index contributed by atoms with van der Waals surface area (Å²) in [5, 5.41) is 2.83. The first-order chi connectivity index (χ1) is 10.5. The van der Waals surface area contributed by atoms with E-state index in [1.54, 1.807) is 24.3 Å². The zero-order valence-corrected chi connectivity index (χ0v) is 13.8. The summed E-state index contributed by atoms with van der Waals surface area (Å²) in [6.45, 7) is 5.66. The highest BCUT2D eigenvalue weighted by atomic mass is 32.2. The van der Waals surface area contributed by atoms with Crippen LogP contribution in [0.15, 0.2) is 47.4 Å². The highest BCUT2D eigenvalue weighted by Gasteiger charge is 2.05. The molecular formula is C18H19NO2S. The van der Waals surface area contributed by atoms with Crippen LogP contribution >= 0.6 is 11.8 Å². The molecule has 0 unspecified atom stereocenters. The average molecular weight is 313 g/mol. The van der Waals surface area contributed by atoms with E-state index in [1.807, 2.05) is 6.07 Å². The lowest BCUT2D eigenvalue weighted by atomic mass is 10.1. The van der Waals surface area contributed by atoms with Gasteiger partial charge in [-0.15, -0.1) is 11.8 Å². The summed E-state index contributed by atoms with van der Waals surface area (Å²) in [6.07, 6.45) is 0. The molecule has 0 radical (unpaired) electrons. The normalized spacial score (nSPS) is 10.3. The molecule has 0 fully saturated rings. The molecule has 0 atom stereocenters. The molecule has 22 heavy (non-hydrogen) atoms. The molecule has 0 spiro atoms. The molecule has 0 saturated carbocycles. The van der Waals surface area contributed by atoms with Crippen molar-refractivity contribution in [3.05, 3.63) is 59.2 Å². The van der Waals surface area contributed by atoms with Crippen molar-refractivity contribution in [1.82, 2.24) is 0 Å². The minimum absolute atomic E-state index is 0.0168. The molecule has 1 amide bonds. The Labute approximate surface area is 135 Å². The van der Waals surface area contributed by atoms with Gasteiger partial charge in [-0.1, -0.05) is 6.07 Å². The number of Topliss-reactive ketones (excluding diaryl/α,β-unsaturated/α-hetero) is 1. The molecule has 2 aromatic carbocycles. The van der Waals surface area contributed by atoms with E-state index < -0.39 is 0 Å². The molecule has 1 N–H and O–H groups in total. The summed E-state index contributed by atoms with van der Waals surface area (Å²) in [5.74, 6) is 0.318. The predicted octanol–water partition coefficient (Wildman–Crippen LogP) is 4.24. The van der Waals surface area contributed by atoms with Crippen molar-refractivity contribution in [2.75, 3.05) is 11.1 Å². The Morgan fingerprint density at radius 2 is 1.68 bits per heavy atom. The largest absolute Gasteiger partial charge is 0.325 e. The molecule has 0 bridgehead atoms. The summed E-state index contributed by atoms with van der Waals surface area (Å²) < 4.78 is 0. The number of hydrogen-bond donors (Lipinski definition) is 1. The van der Waals surface area contributed by atoms with Crippen LogP contribution in [0.25, 0.3) is 0 Å². The van der Waals surface area contributed by atoms with E-state index in [1.165, 1.54) is 29.8 Å². The van der Waals surface area contributed by atoms with Crippen LogP contribution in [-0.4, -0.2) is 17.4 Å². The first-order valence-electron chi connectivity index (χ1n) is 7.06. The van der Waals surface area contributed by atoms with Crippen LogP contribution in [0.1, 0.15) is 28.4 Å². The maximum Gasteiger partial charge on any atom is 0.234 e. The molecule has 3 nitrogen and oxygen atoms in total. The van der Waals surface area contributed by atoms with Crippen molar-refractivity contribution in [2.24, 2.45) is 0 Å². The second kappa shape index (κ2) is 7.27. The first-order valence-corrected chi connectivity index (χ1v) is 8.05. The van der Waals surface area contributed by atoms with Crippen molar-refractivity contribution in [2.45, 2.75) is 25.7 Å². The summed E-state index contributed by atoms with van der Waals surface area (Å²) in [4.78, 5) is 24.2. The van der Waals surface area contributed by atoms with Crippen LogP contribution in [-0.2, 0) is 4.79 Å². The molecule has 0 heterocycles. The number of rotatable bonds is 5. The van der Waals surface area contributed by atoms with E-state index in [2.05, 4.69) is 31.3 Å². The quantitative estimate of drug-likeness (QED) is 0.663. The van der Waals surface area contributed by atoms with Crippen LogP contribution in [0, 0.1) is 13.8 Å². The monoisotopic (exact) mass is 313 g/mol. The predicted molar refractivity (Wildman–Crippen MR) is 91.7 cm³/mol. The van der Waals surface area contributed by atoms with E-state index in [0.717, 1.165) is 4.90 Å². The molecule has 2 rings (SSSR count). The third-order valence-corrected chi connectivity index (χ3v) is 4.42. The van der Waals surface area contributed by atoms with Gasteiger partial charge in [0.2, 0.25) is 5.91 Å². The lowest BCUT2D eigenvalue weighted by Gasteiger charge is -2.07. The fourth-order valence-corrected chi connectivity index (χ4v) is 2.73. The first kappa shape index (κ1) is 16.3. The number of amides is 1. The van der Waals surface area contributed by atoms with Crippen molar-refractivity contribution in [3.63, 3.8) is 0 Å². The van der Waals surface area contributed by atoms with E-state index in [0.29, 0.717) is 17.0 Å². The summed E-state index contributed by atoms with van der Waals surface area (Å²) in [7, 11) is 0. The molecule has 0 aromatic heterocycles. The zero-order chi connectivity index (χ0) is 16.1. The Morgan fingerprint density at radius 1 is 1.00 bits per heavy atom. The van der Waals surface area contributed by atoms with Crippen LogP contribution in [0.4, 0.5) is 5.69 Å². The van der Waals surface area contributed by atoms with E-state index >= 15 is 0 Å². The maximum atomic E-state index is 12.0. The van der Waals surface area contributed by atoms with Gasteiger partial charge >= 0.3 is 0 Å². The number of benzene rings is 2. The van der Waals surface area contributed by atoms with E-state index in [9.17, 15) is 9.59 Å². The van der Waals surface area contributed by atoms with Gasteiger partial charge in [-0.2, -0.15) is 0 Å². The average Bonchev–Trinajstić information content (AvgIpc) is 2.49. The number of aryl methyl sites for hydroxylation is 2. The summed E-state index contributed by atoms with van der Waals surface area (Å²) >= 11 is 1.51. The Balaban J connectivity index is 1.89. The third kappa shape index (κ3) is 4.46. The molecule has 0 saturated heterocycles. The molecule has 0 aliphatic rings. The highest BCUT2D eigenvalue weighted by molar-refractivity contribution is 8.00. The van der Waals surface area contributed by atoms with Gasteiger partial charge in [0, 0.05) is 16.1 Å². The highest BCUT2D eigenvalue weighted by Crippen LogP contribution is 2.21. The number of thioether (sulfide) groups is 1. The Bertz CT molecular complexity index is 693. The van der Waals surface area contributed by atoms with Gasteiger partial charge in [-0.05, 0) is 68.3 Å². The molecule has 0 aliphatic carbocycles. The Morgan fingerprint density at radius 3 is 2.27 bits per heavy atom. The van der Waals surface area contributed by atoms with Gasteiger partial charge in [-0.25, -0.2) is 0 Å². The van der Waals surface area contributed by atoms with Crippen molar-refractivity contribution >= 4 is 29.1 Å². The standard InChI is InChI=1S/C18H19NO2S/c1-12-4-9-17(10-13(12)2)22-11-18(21)19-16-7-5-15(6-8-16)14(3)20/h4-10H,11H2,1-3H3,(H,19,21). The topological polar surface area (TPSA) is 46.2 Å². The number of anilines is 1. The summed E-state index contributed by atoms with van der Waals surface area (Å²) in [6, 6.07) is 13.1. The minimum atomic E-state index is -0.0567. The Hall–Kier alpha value is -2.07. The fraction of sp³-hybridized carbons (Fsp3) is 0.222. The number of nitrogens with one attached hydrogen (secondary N) is 1. The number of ketones is 1. The third-order valence-electron chi connectivity index (χ3n) is 3.42. The van der Waals surface area contributed by atoms with Crippen molar-refractivity contribution in [3.8, 4) is 0 Å². The molecule has 4 heteroatoms. The van der Waals surface area contributed by atoms with Crippen molar-refractivity contribution in [1.29, 1.82) is 0 Å². The second-order valence-electron chi connectivity index (χ2n) is 5.22. The number of carbonyl (C=O) groups is 2. The van der Waals surface area contributed by atoms with Crippen LogP contribution in [0.2, 0.25) is 0 Å². The van der Waals surface area contributed by atoms with Crippen LogP contribution in [0.5, 0.6) is 0 Å². The fourth-order valence-electron chi connectivity index (χ4n) is 1.94. The van der Waals surface area contributed by atoms with E-state index in [4.69, 9.17) is 0 Å². The second-order valence-corrected chi connectivity index (χ2v) is 6.27. The molecule has 114 valence electrons. The summed E-state index contributed by atoms with van der Waals surface area (Å²) in [5.41, 5.74) is 3.82. The lowest BCUT2D eigenvalue weighted by molar-refractivity contribution is -0.113. The van der Waals surface area contributed by atoms with Crippen LogP contribution < -0.4 is 5.32 Å². The van der Waals surface area contributed by atoms with Crippen molar-refractivity contribution < 1.29 is 9.59 Å². The van der Waals surface area contributed by atoms with Gasteiger partial charge in [0.1, 0.15) is 0 Å². The molecule has 2 aromatic rings. The maximum absolute atomic E-state index is 12.0. The number of carbonyl (C=O) groups excluding carboxylic acids is 2. The molecule has 0 aliphatic heterocycles. The van der Waals surface area contributed by atoms with Gasteiger partial charge < -0.3 is 5.32 Å². The molecular weight excluding hydrogens is 294 g/mol. The van der Waals surface area contributed by atoms with Gasteiger partial charge in [0.15, 0.2) is 5.78 Å². The smallest absolute Gasteiger partial charge is 0.234 e. The minimum Gasteiger partial charge on any atom is -0.325 e. The lowest BCUT2D eigenvalue weighted by Crippen LogP contribution is -2.14. The van der Waals surface area contributed by atoms with Gasteiger partial charge in [0.05, 0.1) is 5.75 Å². The van der Waals surface area contributed by atoms with Crippen LogP contribution in [0.3, 0.4) is 0 Å². The van der Waals surface area contributed by atoms with Gasteiger partial charge in [-0.3, -0.25) is 9.59 Å². The number of hydrogen-bond acceptors (Lipinski definition) is 3. The Kier molecular flexibility index (Phi) is 5.39.